The van der Waals surface area contributed by atoms with Crippen molar-refractivity contribution in [3.05, 3.63) is 71.7 Å². The van der Waals surface area contributed by atoms with Gasteiger partial charge in [-0.2, -0.15) is 0 Å². The first kappa shape index (κ1) is 23.7. The maximum Gasteiger partial charge on any atom is 0.320 e. The average Bonchev–Trinajstić information content (AvgIpc) is 3.37. The standard InChI is InChI=1S/C27H31N3O4/c1-33-25-13-9-19(15-26(25)34-22-4-2-3-5-22)8-12-21-16-30-24(17-29-21)20-10-6-18(7-11-20)14-23(28)27(31)32/h6-7,9-11,13,15-17,22-23H,2-5,8,12,14,28H2,1H3,(H,31,32)/t23-/m0/s1. The van der Waals surface area contributed by atoms with Crippen LogP contribution in [-0.2, 0) is 24.1 Å². The number of aliphatic carboxylic acids is 1. The van der Waals surface area contributed by atoms with Crippen molar-refractivity contribution in [2.45, 2.75) is 57.1 Å². The van der Waals surface area contributed by atoms with Gasteiger partial charge in [-0.3, -0.25) is 14.8 Å². The van der Waals surface area contributed by atoms with Crippen molar-refractivity contribution in [3.63, 3.8) is 0 Å². The number of nitrogens with two attached hydrogens (primary N) is 1. The van der Waals surface area contributed by atoms with Gasteiger partial charge < -0.3 is 20.3 Å². The Kier molecular flexibility index (Phi) is 7.75. The van der Waals surface area contributed by atoms with Crippen LogP contribution in [0.15, 0.2) is 54.9 Å². The number of carboxylic acids is 1. The molecule has 1 saturated carbocycles. The number of hydrogen-bond donors (Lipinski definition) is 2. The van der Waals surface area contributed by atoms with Crippen LogP contribution in [0.5, 0.6) is 11.5 Å². The fourth-order valence-corrected chi connectivity index (χ4v) is 4.21. The fraction of sp³-hybridized carbons (Fsp3) is 0.370. The normalized spacial score (nSPS) is 14.6. The molecule has 7 nitrogen and oxygen atoms in total. The lowest BCUT2D eigenvalue weighted by Crippen LogP contribution is -2.32. The van der Waals surface area contributed by atoms with Gasteiger partial charge in [-0.15, -0.1) is 0 Å². The van der Waals surface area contributed by atoms with E-state index in [0.29, 0.717) is 6.42 Å². The van der Waals surface area contributed by atoms with Crippen molar-refractivity contribution in [1.82, 2.24) is 9.97 Å². The number of rotatable bonds is 10. The molecule has 4 rings (SSSR count). The molecule has 1 aromatic heterocycles. The van der Waals surface area contributed by atoms with Crippen LogP contribution in [0.25, 0.3) is 11.3 Å². The molecule has 0 bridgehead atoms. The molecule has 178 valence electrons. The van der Waals surface area contributed by atoms with E-state index in [1.807, 2.05) is 36.5 Å². The minimum atomic E-state index is -1.00. The number of carbonyl (C=O) groups is 1. The van der Waals surface area contributed by atoms with Crippen LogP contribution < -0.4 is 15.2 Å². The van der Waals surface area contributed by atoms with Crippen molar-refractivity contribution in [2.75, 3.05) is 7.11 Å². The third-order valence-electron chi connectivity index (χ3n) is 6.22. The third kappa shape index (κ3) is 6.11. The van der Waals surface area contributed by atoms with E-state index in [9.17, 15) is 4.79 Å². The summed E-state index contributed by atoms with van der Waals surface area (Å²) in [6, 6.07) is 12.8. The molecule has 0 radical (unpaired) electrons. The third-order valence-corrected chi connectivity index (χ3v) is 6.22. The smallest absolute Gasteiger partial charge is 0.320 e. The molecule has 2 aromatic carbocycles. The second-order valence-electron chi connectivity index (χ2n) is 8.75. The monoisotopic (exact) mass is 461 g/mol. The molecular formula is C27H31N3O4. The molecule has 3 N–H and O–H groups in total. The van der Waals surface area contributed by atoms with E-state index in [4.69, 9.17) is 20.3 Å². The Balaban J connectivity index is 1.36. The highest BCUT2D eigenvalue weighted by molar-refractivity contribution is 5.73. The van der Waals surface area contributed by atoms with Gasteiger partial charge in [0.15, 0.2) is 11.5 Å². The predicted molar refractivity (Wildman–Crippen MR) is 130 cm³/mol. The summed E-state index contributed by atoms with van der Waals surface area (Å²) < 4.78 is 11.7. The lowest BCUT2D eigenvalue weighted by Gasteiger charge is -2.17. The van der Waals surface area contributed by atoms with E-state index in [-0.39, 0.29) is 6.10 Å². The van der Waals surface area contributed by atoms with E-state index in [0.717, 1.165) is 59.7 Å². The van der Waals surface area contributed by atoms with Crippen LogP contribution in [0.2, 0.25) is 0 Å². The van der Waals surface area contributed by atoms with Crippen LogP contribution >= 0.6 is 0 Å². The van der Waals surface area contributed by atoms with Gasteiger partial charge in [0.1, 0.15) is 6.04 Å². The maximum atomic E-state index is 10.9. The van der Waals surface area contributed by atoms with Crippen molar-refractivity contribution in [1.29, 1.82) is 0 Å². The van der Waals surface area contributed by atoms with Crippen LogP contribution in [0, 0.1) is 0 Å². The lowest BCUT2D eigenvalue weighted by atomic mass is 10.0. The van der Waals surface area contributed by atoms with Crippen molar-refractivity contribution >= 4 is 5.97 Å². The summed E-state index contributed by atoms with van der Waals surface area (Å²) in [4.78, 5) is 20.1. The highest BCUT2D eigenvalue weighted by Crippen LogP contribution is 2.32. The molecule has 34 heavy (non-hydrogen) atoms. The Bertz CT molecular complexity index is 1090. The minimum absolute atomic E-state index is 0.283. The number of aryl methyl sites for hydroxylation is 2. The maximum absolute atomic E-state index is 10.9. The Hall–Kier alpha value is -3.45. The zero-order valence-corrected chi connectivity index (χ0v) is 19.4. The molecule has 7 heteroatoms. The SMILES string of the molecule is COc1ccc(CCc2cnc(-c3ccc(C[C@H](N)C(=O)O)cc3)cn2)cc1OC1CCCC1. The first-order chi connectivity index (χ1) is 16.5. The molecule has 0 unspecified atom stereocenters. The summed E-state index contributed by atoms with van der Waals surface area (Å²) >= 11 is 0. The van der Waals surface area contributed by atoms with E-state index in [1.54, 1.807) is 13.3 Å². The molecule has 0 amide bonds. The van der Waals surface area contributed by atoms with Gasteiger partial charge in [-0.1, -0.05) is 30.3 Å². The lowest BCUT2D eigenvalue weighted by molar-refractivity contribution is -0.138. The Morgan fingerprint density at radius 1 is 1.03 bits per heavy atom. The van der Waals surface area contributed by atoms with Gasteiger partial charge in [-0.05, 0) is 68.2 Å². The molecule has 0 aliphatic heterocycles. The number of aromatic nitrogens is 2. The summed E-state index contributed by atoms with van der Waals surface area (Å²) in [7, 11) is 1.67. The molecule has 1 atom stereocenters. The number of methoxy groups -OCH3 is 1. The van der Waals surface area contributed by atoms with Gasteiger partial charge in [0.05, 0.1) is 30.8 Å². The summed E-state index contributed by atoms with van der Waals surface area (Å²) in [5, 5.41) is 8.96. The molecule has 1 aliphatic carbocycles. The topological polar surface area (TPSA) is 108 Å². The van der Waals surface area contributed by atoms with Gasteiger partial charge >= 0.3 is 5.97 Å². The highest BCUT2D eigenvalue weighted by Gasteiger charge is 2.18. The number of nitrogens with zero attached hydrogens (tertiary/aromatic N) is 2. The molecular weight excluding hydrogens is 430 g/mol. The zero-order valence-electron chi connectivity index (χ0n) is 19.4. The summed E-state index contributed by atoms with van der Waals surface area (Å²) in [5.74, 6) is 0.592. The largest absolute Gasteiger partial charge is 0.493 e. The molecule has 1 aliphatic rings. The number of benzene rings is 2. The fourth-order valence-electron chi connectivity index (χ4n) is 4.21. The van der Waals surface area contributed by atoms with E-state index >= 15 is 0 Å². The second kappa shape index (κ2) is 11.1. The molecule has 1 heterocycles. The number of ether oxygens (including phenoxy) is 2. The van der Waals surface area contributed by atoms with Gasteiger partial charge in [-0.25, -0.2) is 0 Å². The average molecular weight is 462 g/mol. The van der Waals surface area contributed by atoms with Crippen LogP contribution in [0.3, 0.4) is 0 Å². The van der Waals surface area contributed by atoms with Gasteiger partial charge in [0, 0.05) is 11.8 Å². The van der Waals surface area contributed by atoms with Crippen molar-refractivity contribution < 1.29 is 19.4 Å². The van der Waals surface area contributed by atoms with Crippen LogP contribution in [0.1, 0.15) is 42.5 Å². The van der Waals surface area contributed by atoms with Crippen LogP contribution in [-0.4, -0.2) is 40.3 Å². The summed E-state index contributed by atoms with van der Waals surface area (Å²) in [6.45, 7) is 0. The molecule has 1 fully saturated rings. The summed E-state index contributed by atoms with van der Waals surface area (Å²) in [6.07, 6.45) is 10.4. The first-order valence-electron chi connectivity index (χ1n) is 11.7. The quantitative estimate of drug-likeness (QED) is 0.466. The number of carboxylic acid groups (broad SMARTS) is 1. The summed E-state index contributed by atoms with van der Waals surface area (Å²) in [5.41, 5.74) is 10.3. The minimum Gasteiger partial charge on any atom is -0.493 e. The van der Waals surface area contributed by atoms with Crippen LogP contribution in [0.4, 0.5) is 0 Å². The molecule has 3 aromatic rings. The Morgan fingerprint density at radius 2 is 1.76 bits per heavy atom. The van der Waals surface area contributed by atoms with Gasteiger partial charge in [0.2, 0.25) is 0 Å². The Morgan fingerprint density at radius 3 is 2.41 bits per heavy atom. The first-order valence-corrected chi connectivity index (χ1v) is 11.7. The predicted octanol–water partition coefficient (Wildman–Crippen LogP) is 4.21. The molecule has 0 saturated heterocycles. The van der Waals surface area contributed by atoms with E-state index in [2.05, 4.69) is 22.1 Å². The zero-order chi connectivity index (χ0) is 23.9. The second-order valence-corrected chi connectivity index (χ2v) is 8.75. The highest BCUT2D eigenvalue weighted by atomic mass is 16.5. The van der Waals surface area contributed by atoms with Crippen molar-refractivity contribution in [3.8, 4) is 22.8 Å². The van der Waals surface area contributed by atoms with E-state index in [1.165, 1.54) is 18.4 Å². The van der Waals surface area contributed by atoms with Gasteiger partial charge in [0.25, 0.3) is 0 Å². The molecule has 0 spiro atoms. The van der Waals surface area contributed by atoms with Crippen molar-refractivity contribution in [2.24, 2.45) is 5.73 Å². The Labute approximate surface area is 200 Å². The number of hydrogen-bond acceptors (Lipinski definition) is 6. The van der Waals surface area contributed by atoms with E-state index < -0.39 is 12.0 Å².